The van der Waals surface area contributed by atoms with E-state index >= 15 is 0 Å². The van der Waals surface area contributed by atoms with Gasteiger partial charge in [-0.05, 0) is 17.2 Å². The molecule has 27 heavy (non-hydrogen) atoms. The average molecular weight is 354 g/mol. The number of nitrogens with zero attached hydrogens (tertiary/aromatic N) is 1. The van der Waals surface area contributed by atoms with E-state index in [2.05, 4.69) is 49.2 Å². The van der Waals surface area contributed by atoms with E-state index in [-0.39, 0.29) is 16.0 Å². The molecule has 4 nitrogen and oxygen atoms in total. The van der Waals surface area contributed by atoms with Crippen molar-refractivity contribution < 1.29 is 4.92 Å². The zero-order chi connectivity index (χ0) is 18.8. The molecule has 0 fully saturated rings. The fraction of sp³-hybridized carbons (Fsp3) is 0.130. The number of aromatic amines is 1. The summed E-state index contributed by atoms with van der Waals surface area (Å²) in [6, 6.07) is 21.4. The lowest BCUT2D eigenvalue weighted by atomic mass is 9.81. The lowest BCUT2D eigenvalue weighted by Crippen LogP contribution is -2.14. The first-order valence-corrected chi connectivity index (χ1v) is 8.99. The van der Waals surface area contributed by atoms with E-state index in [4.69, 9.17) is 0 Å². The molecule has 0 saturated carbocycles. The van der Waals surface area contributed by atoms with E-state index in [9.17, 15) is 10.1 Å². The molecular weight excluding hydrogens is 336 g/mol. The molecule has 132 valence electrons. The van der Waals surface area contributed by atoms with Crippen LogP contribution in [0.5, 0.6) is 0 Å². The van der Waals surface area contributed by atoms with Gasteiger partial charge in [0.05, 0.1) is 21.7 Å². The molecule has 4 heteroatoms. The van der Waals surface area contributed by atoms with Gasteiger partial charge in [-0.25, -0.2) is 0 Å². The van der Waals surface area contributed by atoms with E-state index in [1.54, 1.807) is 12.1 Å². The van der Waals surface area contributed by atoms with Crippen LogP contribution in [0.4, 0.5) is 5.69 Å². The van der Waals surface area contributed by atoms with Crippen LogP contribution in [0.25, 0.3) is 33.3 Å². The average Bonchev–Trinajstić information content (AvgIpc) is 3.17. The van der Waals surface area contributed by atoms with Gasteiger partial charge in [0.2, 0.25) is 0 Å². The van der Waals surface area contributed by atoms with Crippen LogP contribution in [0.3, 0.4) is 0 Å². The maximum absolute atomic E-state index is 11.5. The molecule has 0 saturated heterocycles. The highest BCUT2D eigenvalue weighted by Gasteiger charge is 2.38. The summed E-state index contributed by atoms with van der Waals surface area (Å²) in [5.74, 6) is 0. The van der Waals surface area contributed by atoms with Crippen molar-refractivity contribution in [2.45, 2.75) is 19.3 Å². The second kappa shape index (κ2) is 5.30. The van der Waals surface area contributed by atoms with E-state index < -0.39 is 0 Å². The normalized spacial score (nSPS) is 14.1. The number of nitrogens with one attached hydrogen (secondary N) is 1. The lowest BCUT2D eigenvalue weighted by Gasteiger charge is -2.21. The van der Waals surface area contributed by atoms with Gasteiger partial charge in [-0.1, -0.05) is 68.4 Å². The minimum atomic E-state index is -0.315. The highest BCUT2D eigenvalue weighted by molar-refractivity contribution is 6.04. The molecule has 0 spiro atoms. The summed E-state index contributed by atoms with van der Waals surface area (Å²) < 4.78 is 0. The summed E-state index contributed by atoms with van der Waals surface area (Å²) in [5, 5.41) is 12.7. The van der Waals surface area contributed by atoms with Crippen LogP contribution in [0.15, 0.2) is 66.7 Å². The zero-order valence-corrected chi connectivity index (χ0v) is 15.1. The Kier molecular flexibility index (Phi) is 3.11. The molecule has 1 aromatic heterocycles. The Morgan fingerprint density at radius 1 is 0.852 bits per heavy atom. The number of aromatic nitrogens is 1. The van der Waals surface area contributed by atoms with Crippen LogP contribution in [-0.2, 0) is 5.41 Å². The van der Waals surface area contributed by atoms with Crippen molar-refractivity contribution in [3.05, 3.63) is 88.0 Å². The Bertz CT molecular complexity index is 1230. The SMILES string of the molecule is CC1(C)c2ccccc2-c2[nH]c3c(-c4ccccc4[N+](=O)[O-])cccc3c21. The van der Waals surface area contributed by atoms with Crippen molar-refractivity contribution in [1.82, 2.24) is 4.98 Å². The van der Waals surface area contributed by atoms with Gasteiger partial charge in [0.25, 0.3) is 5.69 Å². The van der Waals surface area contributed by atoms with Gasteiger partial charge in [-0.2, -0.15) is 0 Å². The van der Waals surface area contributed by atoms with Crippen LogP contribution < -0.4 is 0 Å². The standard InChI is InChI=1S/C23H18N2O2/c1-23(2)18-12-5-3-9-16(18)22-20(23)17-11-7-10-15(21(17)24-22)14-8-4-6-13-19(14)25(26)27/h3-13,24H,1-2H3. The first-order chi connectivity index (χ1) is 13.0. The fourth-order valence-corrected chi connectivity index (χ4v) is 4.53. The molecule has 0 bridgehead atoms. The highest BCUT2D eigenvalue weighted by atomic mass is 16.6. The molecular formula is C23H18N2O2. The zero-order valence-electron chi connectivity index (χ0n) is 15.1. The molecule has 0 radical (unpaired) electrons. The van der Waals surface area contributed by atoms with Gasteiger partial charge in [0.15, 0.2) is 0 Å². The summed E-state index contributed by atoms with van der Waals surface area (Å²) in [4.78, 5) is 14.8. The summed E-state index contributed by atoms with van der Waals surface area (Å²) in [7, 11) is 0. The Balaban J connectivity index is 1.86. The predicted octanol–water partition coefficient (Wildman–Crippen LogP) is 6.05. The summed E-state index contributed by atoms with van der Waals surface area (Å²) in [6.45, 7) is 4.48. The van der Waals surface area contributed by atoms with Crippen molar-refractivity contribution in [3.63, 3.8) is 0 Å². The van der Waals surface area contributed by atoms with Gasteiger partial charge in [0.1, 0.15) is 0 Å². The van der Waals surface area contributed by atoms with Crippen LogP contribution in [0.2, 0.25) is 0 Å². The molecule has 4 aromatic rings. The number of hydrogen-bond acceptors (Lipinski definition) is 2. The first kappa shape index (κ1) is 15.8. The largest absolute Gasteiger partial charge is 0.354 e. The third-order valence-electron chi connectivity index (χ3n) is 5.72. The van der Waals surface area contributed by atoms with Crippen LogP contribution in [0, 0.1) is 10.1 Å². The molecule has 5 rings (SSSR count). The highest BCUT2D eigenvalue weighted by Crippen LogP contribution is 2.52. The van der Waals surface area contributed by atoms with E-state index in [0.717, 1.165) is 22.2 Å². The number of H-pyrrole nitrogens is 1. The number of nitro groups is 1. The molecule has 0 aliphatic heterocycles. The number of fused-ring (bicyclic) bond motifs is 5. The second-order valence-electron chi connectivity index (χ2n) is 7.55. The van der Waals surface area contributed by atoms with Gasteiger partial charge < -0.3 is 4.98 Å². The Labute approximate surface area is 156 Å². The third kappa shape index (κ3) is 2.04. The topological polar surface area (TPSA) is 58.9 Å². The van der Waals surface area contributed by atoms with Crippen molar-refractivity contribution in [1.29, 1.82) is 0 Å². The smallest absolute Gasteiger partial charge is 0.277 e. The number of benzene rings is 3. The van der Waals surface area contributed by atoms with Crippen LogP contribution in [0.1, 0.15) is 25.0 Å². The lowest BCUT2D eigenvalue weighted by molar-refractivity contribution is -0.384. The second-order valence-corrected chi connectivity index (χ2v) is 7.55. The van der Waals surface area contributed by atoms with E-state index in [1.807, 2.05) is 24.3 Å². The molecule has 1 heterocycles. The van der Waals surface area contributed by atoms with Crippen molar-refractivity contribution in [2.24, 2.45) is 0 Å². The molecule has 1 N–H and O–H groups in total. The monoisotopic (exact) mass is 354 g/mol. The summed E-state index contributed by atoms with van der Waals surface area (Å²) >= 11 is 0. The summed E-state index contributed by atoms with van der Waals surface area (Å²) in [5.41, 5.74) is 7.37. The van der Waals surface area contributed by atoms with Gasteiger partial charge >= 0.3 is 0 Å². The van der Waals surface area contributed by atoms with Crippen LogP contribution in [-0.4, -0.2) is 9.91 Å². The number of para-hydroxylation sites is 2. The van der Waals surface area contributed by atoms with Crippen molar-refractivity contribution in [3.8, 4) is 22.4 Å². The predicted molar refractivity (Wildman–Crippen MR) is 108 cm³/mol. The summed E-state index contributed by atoms with van der Waals surface area (Å²) in [6.07, 6.45) is 0. The maximum Gasteiger partial charge on any atom is 0.277 e. The fourth-order valence-electron chi connectivity index (χ4n) is 4.53. The maximum atomic E-state index is 11.5. The van der Waals surface area contributed by atoms with Crippen molar-refractivity contribution in [2.75, 3.05) is 0 Å². The molecule has 0 unspecified atom stereocenters. The van der Waals surface area contributed by atoms with Gasteiger partial charge in [-0.15, -0.1) is 0 Å². The quantitative estimate of drug-likeness (QED) is 0.352. The number of nitro benzene ring substituents is 1. The van der Waals surface area contributed by atoms with Crippen molar-refractivity contribution >= 4 is 16.6 Å². The minimum absolute atomic E-state index is 0.120. The Morgan fingerprint density at radius 3 is 2.30 bits per heavy atom. The number of rotatable bonds is 2. The molecule has 0 amide bonds. The van der Waals surface area contributed by atoms with Gasteiger partial charge in [-0.3, -0.25) is 10.1 Å². The minimum Gasteiger partial charge on any atom is -0.354 e. The van der Waals surface area contributed by atoms with E-state index in [0.29, 0.717) is 5.56 Å². The third-order valence-corrected chi connectivity index (χ3v) is 5.72. The Hall–Kier alpha value is -3.40. The number of hydrogen-bond donors (Lipinski definition) is 1. The molecule has 3 aromatic carbocycles. The molecule has 0 atom stereocenters. The van der Waals surface area contributed by atoms with Gasteiger partial charge in [0, 0.05) is 28.0 Å². The molecule has 1 aliphatic carbocycles. The van der Waals surface area contributed by atoms with Crippen LogP contribution >= 0.6 is 0 Å². The molecule has 1 aliphatic rings. The first-order valence-electron chi connectivity index (χ1n) is 8.99. The van der Waals surface area contributed by atoms with E-state index in [1.165, 1.54) is 16.7 Å². The Morgan fingerprint density at radius 2 is 1.52 bits per heavy atom.